The molecule has 0 aromatic rings. The third kappa shape index (κ3) is 12.1. The summed E-state index contributed by atoms with van der Waals surface area (Å²) >= 11 is 0. The van der Waals surface area contributed by atoms with Crippen LogP contribution in [0.2, 0.25) is 0 Å². The minimum absolute atomic E-state index is 0.128. The van der Waals surface area contributed by atoms with Gasteiger partial charge in [-0.05, 0) is 74.0 Å². The first-order valence-electron chi connectivity index (χ1n) is 11.9. The van der Waals surface area contributed by atoms with Gasteiger partial charge in [0, 0.05) is 11.5 Å². The van der Waals surface area contributed by atoms with Gasteiger partial charge in [0.05, 0.1) is 51.1 Å². The zero-order valence-corrected chi connectivity index (χ0v) is 26.9. The maximum atomic E-state index is 12.8. The molecule has 0 amide bonds. The summed E-state index contributed by atoms with van der Waals surface area (Å²) in [5.41, 5.74) is 0. The van der Waals surface area contributed by atoms with Crippen LogP contribution in [0.3, 0.4) is 0 Å². The summed E-state index contributed by atoms with van der Waals surface area (Å²) in [5, 5.41) is -4.11. The van der Waals surface area contributed by atoms with Crippen LogP contribution in [0, 0.1) is 0 Å². The quantitative estimate of drug-likeness (QED) is 0.0782. The van der Waals surface area contributed by atoms with Crippen molar-refractivity contribution in [2.75, 3.05) is 62.7 Å². The topological polar surface area (TPSA) is 124 Å². The summed E-state index contributed by atoms with van der Waals surface area (Å²) in [4.78, 5) is 0. The van der Waals surface area contributed by atoms with Crippen molar-refractivity contribution in [2.24, 2.45) is 0 Å². The Balaban J connectivity index is 4.42. The molecule has 16 heteroatoms. The largest absolute Gasteiger partial charge is 0.393 e. The minimum atomic E-state index is -3.80. The van der Waals surface area contributed by atoms with Crippen LogP contribution in [0.4, 0.5) is 0 Å². The predicted molar refractivity (Wildman–Crippen MR) is 152 cm³/mol. The lowest BCUT2D eigenvalue weighted by Gasteiger charge is -2.31. The molecule has 0 atom stereocenters. The summed E-state index contributed by atoms with van der Waals surface area (Å²) in [7, 11) is -1.53. The highest BCUT2D eigenvalue weighted by molar-refractivity contribution is 9.26. The Morgan fingerprint density at radius 2 is 0.750 bits per heavy atom. The summed E-state index contributed by atoms with van der Waals surface area (Å²) in [6.45, 7) is 11.0. The average molecular weight is 635 g/mol. The van der Waals surface area contributed by atoms with E-state index in [0.29, 0.717) is 24.3 Å². The highest BCUT2D eigenvalue weighted by Crippen LogP contribution is 2.43. The van der Waals surface area contributed by atoms with Crippen LogP contribution in [0.5, 0.6) is 0 Å². The van der Waals surface area contributed by atoms with Crippen LogP contribution in [0.25, 0.3) is 0 Å². The number of hydrogen-bond acceptors (Lipinski definition) is 14. The lowest BCUT2D eigenvalue weighted by Crippen LogP contribution is -2.48. The van der Waals surface area contributed by atoms with Crippen molar-refractivity contribution in [2.45, 2.75) is 65.0 Å². The maximum Gasteiger partial charge on any atom is 0.393 e. The zero-order valence-electron chi connectivity index (χ0n) is 22.0. The van der Waals surface area contributed by atoms with Gasteiger partial charge in [0.2, 0.25) is 19.7 Å². The molecule has 0 spiro atoms. The molecule has 0 aromatic carbocycles. The highest BCUT2D eigenvalue weighted by atomic mass is 33.7. The predicted octanol–water partition coefficient (Wildman–Crippen LogP) is 4.72. The normalized spacial score (nSPS) is 13.4. The number of hydrogen-bond donors (Lipinski definition) is 0. The maximum absolute atomic E-state index is 12.8. The molecule has 0 fully saturated rings. The van der Waals surface area contributed by atoms with E-state index in [0.717, 1.165) is 0 Å². The van der Waals surface area contributed by atoms with Gasteiger partial charge in [-0.1, -0.05) is 21.6 Å². The van der Waals surface area contributed by atoms with Gasteiger partial charge in [0.15, 0.2) is 0 Å². The van der Waals surface area contributed by atoms with Gasteiger partial charge in [-0.15, -0.1) is 0 Å². The molecule has 0 unspecified atom stereocenters. The fraction of sp³-hybridized carbons (Fsp3) is 1.00. The molecule has 0 aliphatic carbocycles. The van der Waals surface area contributed by atoms with E-state index in [-0.39, 0.29) is 51.1 Å². The first-order valence-corrected chi connectivity index (χ1v) is 20.4. The molecule has 0 N–H and O–H groups in total. The molecule has 36 heavy (non-hydrogen) atoms. The van der Waals surface area contributed by atoms with Gasteiger partial charge in [0.25, 0.3) is 0 Å². The molecule has 0 saturated heterocycles. The van der Waals surface area contributed by atoms with E-state index < -0.39 is 30.3 Å². The van der Waals surface area contributed by atoms with Gasteiger partial charge in [-0.25, -0.2) is 16.8 Å². The van der Waals surface area contributed by atoms with Crippen LogP contribution in [0.15, 0.2) is 0 Å². The Bertz CT molecular complexity index is 665. The lowest BCUT2D eigenvalue weighted by atomic mass is 10.6. The molecule has 0 rings (SSSR count). The van der Waals surface area contributed by atoms with Crippen molar-refractivity contribution in [1.82, 2.24) is 0 Å². The molecule has 0 heterocycles. The van der Waals surface area contributed by atoms with Gasteiger partial charge in [-0.3, -0.25) is 0 Å². The Morgan fingerprint density at radius 3 is 0.972 bits per heavy atom. The number of sulfone groups is 2. The second-order valence-electron chi connectivity index (χ2n) is 6.72. The molecule has 218 valence electrons. The first-order chi connectivity index (χ1) is 17.1. The average Bonchev–Trinajstić information content (AvgIpc) is 2.81. The molecular weight excluding hydrogens is 593 g/mol. The van der Waals surface area contributed by atoms with Gasteiger partial charge in [0.1, 0.15) is 0 Å². The highest BCUT2D eigenvalue weighted by Gasteiger charge is 2.48. The minimum Gasteiger partial charge on any atom is -0.315 e. The molecule has 0 aliphatic heterocycles. The van der Waals surface area contributed by atoms with Crippen molar-refractivity contribution in [3.8, 4) is 0 Å². The summed E-state index contributed by atoms with van der Waals surface area (Å²) in [5.74, 6) is 0.951. The summed E-state index contributed by atoms with van der Waals surface area (Å²) in [6.07, 6.45) is 0.819. The molecule has 0 aliphatic rings. The van der Waals surface area contributed by atoms with E-state index in [9.17, 15) is 16.8 Å². The van der Waals surface area contributed by atoms with Crippen LogP contribution in [-0.4, -0.2) is 90.1 Å². The fourth-order valence-corrected chi connectivity index (χ4v) is 12.7. The van der Waals surface area contributed by atoms with E-state index in [2.05, 4.69) is 0 Å². The van der Waals surface area contributed by atoms with Gasteiger partial charge < -0.3 is 28.4 Å². The van der Waals surface area contributed by atoms with Crippen LogP contribution in [-0.2, 0) is 48.1 Å². The Kier molecular flexibility index (Phi) is 20.6. The van der Waals surface area contributed by atoms with Gasteiger partial charge >= 0.3 is 10.6 Å². The third-order valence-corrected chi connectivity index (χ3v) is 14.6. The number of ether oxygens (including phenoxy) is 6. The first kappa shape index (κ1) is 37.1. The Labute approximate surface area is 232 Å². The van der Waals surface area contributed by atoms with Crippen LogP contribution >= 0.6 is 41.2 Å². The third-order valence-electron chi connectivity index (χ3n) is 4.09. The molecular formula is C20H42O10S6. The van der Waals surface area contributed by atoms with E-state index in [1.807, 2.05) is 0 Å². The fourth-order valence-electron chi connectivity index (χ4n) is 2.82. The van der Waals surface area contributed by atoms with E-state index in [1.54, 1.807) is 41.5 Å². The van der Waals surface area contributed by atoms with Crippen molar-refractivity contribution >= 4 is 60.9 Å². The monoisotopic (exact) mass is 634 g/mol. The van der Waals surface area contributed by atoms with E-state index >= 15 is 0 Å². The van der Waals surface area contributed by atoms with Crippen molar-refractivity contribution in [1.29, 1.82) is 0 Å². The lowest BCUT2D eigenvalue weighted by molar-refractivity contribution is -0.318. The van der Waals surface area contributed by atoms with Crippen molar-refractivity contribution in [3.63, 3.8) is 0 Å². The molecule has 0 bridgehead atoms. The zero-order chi connectivity index (χ0) is 27.6. The second kappa shape index (κ2) is 20.0. The SMILES string of the molecule is CCOC(OCC)(OCC)S(=O)(=O)CCCSSSSCCCS(=O)(=O)C(OCC)(OCC)OCC. The summed E-state index contributed by atoms with van der Waals surface area (Å²) in [6, 6.07) is 0. The van der Waals surface area contributed by atoms with Gasteiger partial charge in [-0.2, -0.15) is 0 Å². The van der Waals surface area contributed by atoms with Crippen LogP contribution < -0.4 is 0 Å². The smallest absolute Gasteiger partial charge is 0.315 e. The molecule has 0 aromatic heterocycles. The van der Waals surface area contributed by atoms with Crippen molar-refractivity contribution < 1.29 is 45.3 Å². The summed E-state index contributed by atoms with van der Waals surface area (Å²) < 4.78 is 83.6. The Hall–Kier alpha value is 1.06. The van der Waals surface area contributed by atoms with Crippen molar-refractivity contribution in [3.05, 3.63) is 0 Å². The Morgan fingerprint density at radius 1 is 0.500 bits per heavy atom. The molecule has 0 radical (unpaired) electrons. The van der Waals surface area contributed by atoms with E-state index in [1.165, 1.54) is 41.2 Å². The second-order valence-corrected chi connectivity index (χ2v) is 17.2. The number of rotatable bonds is 25. The molecule has 10 nitrogen and oxygen atoms in total. The van der Waals surface area contributed by atoms with E-state index in [4.69, 9.17) is 28.4 Å². The molecule has 0 saturated carbocycles. The van der Waals surface area contributed by atoms with Crippen LogP contribution in [0.1, 0.15) is 54.4 Å². The standard InChI is InChI=1S/C20H42O10S6/c1-7-25-19(26-8-2,27-9-3)35(21,22)17-13-15-31-33-34-32-16-14-18-36(23,24)20(28-10-4,29-11-5)30-12-6/h7-18H2,1-6H3.